The third kappa shape index (κ3) is 4.31. The van der Waals surface area contributed by atoms with Crippen LogP contribution in [0, 0.1) is 6.92 Å². The van der Waals surface area contributed by atoms with Gasteiger partial charge < -0.3 is 10.2 Å². The molecule has 1 N–H and O–H groups in total. The number of hydrogen-bond acceptors (Lipinski definition) is 7. The molecule has 5 heterocycles. The molecule has 3 atom stereocenters. The molecule has 1 aromatic carbocycles. The van der Waals surface area contributed by atoms with Gasteiger partial charge in [-0.25, -0.2) is 14.8 Å². The Kier molecular flexibility index (Phi) is 6.43. The summed E-state index contributed by atoms with van der Waals surface area (Å²) in [6.45, 7) is 10.3. The van der Waals surface area contributed by atoms with Gasteiger partial charge in [-0.05, 0) is 62.9 Å². The van der Waals surface area contributed by atoms with Gasteiger partial charge in [0.1, 0.15) is 12.4 Å². The third-order valence-corrected chi connectivity index (χ3v) is 9.34. The van der Waals surface area contributed by atoms with Crippen molar-refractivity contribution in [1.29, 1.82) is 0 Å². The summed E-state index contributed by atoms with van der Waals surface area (Å²) < 4.78 is 0.946. The summed E-state index contributed by atoms with van der Waals surface area (Å²) >= 11 is 8.12. The van der Waals surface area contributed by atoms with Crippen LogP contribution in [0.2, 0.25) is 5.02 Å². The summed E-state index contributed by atoms with van der Waals surface area (Å²) in [5.41, 5.74) is 5.02. The van der Waals surface area contributed by atoms with Crippen LogP contribution in [0.25, 0.3) is 21.5 Å². The van der Waals surface area contributed by atoms with Crippen LogP contribution in [0.3, 0.4) is 0 Å². The second-order valence-corrected chi connectivity index (χ2v) is 12.1. The van der Waals surface area contributed by atoms with Crippen LogP contribution in [0.5, 0.6) is 0 Å². The van der Waals surface area contributed by atoms with Gasteiger partial charge in [0, 0.05) is 53.7 Å². The predicted octanol–water partition coefficient (Wildman–Crippen LogP) is 4.43. The first-order valence-corrected chi connectivity index (χ1v) is 14.1. The quantitative estimate of drug-likeness (QED) is 0.484. The maximum atomic E-state index is 12.9. The summed E-state index contributed by atoms with van der Waals surface area (Å²) in [4.78, 5) is 41.5. The molecule has 8 nitrogen and oxygen atoms in total. The van der Waals surface area contributed by atoms with Crippen molar-refractivity contribution in [2.75, 3.05) is 19.6 Å². The molecular formula is C27H31ClN6O2S. The smallest absolute Gasteiger partial charge is 0.314 e. The van der Waals surface area contributed by atoms with E-state index in [0.717, 1.165) is 64.4 Å². The highest BCUT2D eigenvalue weighted by atomic mass is 35.5. The molecule has 3 aliphatic heterocycles. The molecular weight excluding hydrogens is 508 g/mol. The van der Waals surface area contributed by atoms with Crippen molar-refractivity contribution in [3.63, 3.8) is 0 Å². The number of carbonyl (C=O) groups is 2. The number of rotatable bonds is 5. The summed E-state index contributed by atoms with van der Waals surface area (Å²) in [6, 6.07) is 6.37. The van der Waals surface area contributed by atoms with Crippen LogP contribution in [-0.2, 0) is 17.9 Å². The number of halogens is 1. The number of hydrogen-bond donors (Lipinski definition) is 1. The number of imide groups is 1. The van der Waals surface area contributed by atoms with Gasteiger partial charge in [0.05, 0.1) is 22.5 Å². The Balaban J connectivity index is 1.37. The minimum Gasteiger partial charge on any atom is -0.314 e. The van der Waals surface area contributed by atoms with Crippen molar-refractivity contribution in [2.24, 2.45) is 0 Å². The van der Waals surface area contributed by atoms with E-state index in [1.807, 2.05) is 18.2 Å². The Morgan fingerprint density at radius 1 is 1.11 bits per heavy atom. The summed E-state index contributed by atoms with van der Waals surface area (Å²) in [5.74, 6) is -0.0849. The number of benzene rings is 1. The van der Waals surface area contributed by atoms with E-state index in [-0.39, 0.29) is 24.5 Å². The molecule has 10 heteroatoms. The normalized spacial score (nSPS) is 24.5. The standard InChI is InChI=1S/C27H31ClN6O2S/c1-15-7-18(28)8-20(21(15)13-33-16(2)10-29-11-17(33)3)24-25-22(30-14-31-24)9-19(37-25)12-34-26(35)23-5-4-6-32(23)27(34)36/h7-9,14,16-17,23,29H,4-6,10-13H2,1-3H3/t16-,17?,23?/m0/s1. The number of nitrogens with zero attached hydrogens (tertiary/aromatic N) is 5. The number of urea groups is 1. The Bertz CT molecular complexity index is 1360. The molecule has 0 spiro atoms. The highest BCUT2D eigenvalue weighted by Gasteiger charge is 2.47. The number of thiophene rings is 1. The number of amides is 3. The highest BCUT2D eigenvalue weighted by molar-refractivity contribution is 7.19. The van der Waals surface area contributed by atoms with Gasteiger partial charge >= 0.3 is 6.03 Å². The van der Waals surface area contributed by atoms with Crippen LogP contribution in [0.15, 0.2) is 24.5 Å². The van der Waals surface area contributed by atoms with E-state index in [4.69, 9.17) is 16.6 Å². The summed E-state index contributed by atoms with van der Waals surface area (Å²) in [7, 11) is 0. The lowest BCUT2D eigenvalue weighted by Crippen LogP contribution is -2.54. The molecule has 2 aromatic heterocycles. The molecule has 0 radical (unpaired) electrons. The van der Waals surface area contributed by atoms with Crippen molar-refractivity contribution in [3.05, 3.63) is 45.6 Å². The average molecular weight is 539 g/mol. The van der Waals surface area contributed by atoms with Crippen molar-refractivity contribution in [1.82, 2.24) is 30.0 Å². The Labute approximate surface area is 225 Å². The monoisotopic (exact) mass is 538 g/mol. The molecule has 37 heavy (non-hydrogen) atoms. The average Bonchev–Trinajstić information content (AvgIpc) is 3.56. The van der Waals surface area contributed by atoms with E-state index in [2.05, 4.69) is 36.0 Å². The van der Waals surface area contributed by atoms with Gasteiger partial charge in [0.25, 0.3) is 5.91 Å². The lowest BCUT2D eigenvalue weighted by Gasteiger charge is -2.40. The molecule has 194 valence electrons. The third-order valence-electron chi connectivity index (χ3n) is 8.00. The fourth-order valence-corrected chi connectivity index (χ4v) is 7.39. The van der Waals surface area contributed by atoms with Gasteiger partial charge in [0.2, 0.25) is 0 Å². The first-order valence-electron chi connectivity index (χ1n) is 12.9. The van der Waals surface area contributed by atoms with Crippen LogP contribution in [0.1, 0.15) is 42.7 Å². The van der Waals surface area contributed by atoms with E-state index in [9.17, 15) is 9.59 Å². The number of aryl methyl sites for hydroxylation is 1. The number of fused-ring (bicyclic) bond motifs is 2. The minimum absolute atomic E-state index is 0.0849. The first-order chi connectivity index (χ1) is 17.8. The number of piperazine rings is 1. The molecule has 3 amide bonds. The largest absolute Gasteiger partial charge is 0.327 e. The number of carbonyl (C=O) groups excluding carboxylic acids is 2. The molecule has 0 bridgehead atoms. The molecule has 3 fully saturated rings. The molecule has 3 aromatic rings. The van der Waals surface area contributed by atoms with E-state index in [1.165, 1.54) is 10.5 Å². The van der Waals surface area contributed by atoms with Gasteiger partial charge in [-0.2, -0.15) is 0 Å². The van der Waals surface area contributed by atoms with Crippen molar-refractivity contribution in [3.8, 4) is 11.3 Å². The molecule has 3 saturated heterocycles. The molecule has 6 rings (SSSR count). The second-order valence-electron chi connectivity index (χ2n) is 10.5. The van der Waals surface area contributed by atoms with Crippen molar-refractivity contribution < 1.29 is 9.59 Å². The zero-order chi connectivity index (χ0) is 25.8. The van der Waals surface area contributed by atoms with Crippen molar-refractivity contribution >= 4 is 45.1 Å². The van der Waals surface area contributed by atoms with E-state index in [1.54, 1.807) is 22.6 Å². The minimum atomic E-state index is -0.288. The lowest BCUT2D eigenvalue weighted by atomic mass is 9.96. The molecule has 0 saturated carbocycles. The lowest BCUT2D eigenvalue weighted by molar-refractivity contribution is -0.128. The zero-order valence-corrected chi connectivity index (χ0v) is 22.9. The molecule has 2 unspecified atom stereocenters. The number of aromatic nitrogens is 2. The summed E-state index contributed by atoms with van der Waals surface area (Å²) in [6.07, 6.45) is 3.24. The van der Waals surface area contributed by atoms with Gasteiger partial charge in [-0.15, -0.1) is 11.3 Å². The summed E-state index contributed by atoms with van der Waals surface area (Å²) in [5, 5.41) is 4.18. The predicted molar refractivity (Wildman–Crippen MR) is 146 cm³/mol. The van der Waals surface area contributed by atoms with Crippen LogP contribution in [-0.4, -0.2) is 74.4 Å². The maximum absolute atomic E-state index is 12.9. The van der Waals surface area contributed by atoms with Crippen LogP contribution < -0.4 is 5.32 Å². The van der Waals surface area contributed by atoms with Gasteiger partial charge in [0.15, 0.2) is 0 Å². The van der Waals surface area contributed by atoms with E-state index >= 15 is 0 Å². The SMILES string of the molecule is Cc1cc(Cl)cc(-c2ncnc3cc(CN4C(=O)C5CCCN5C4=O)sc23)c1CN1C(C)CNC[C@@H]1C. The van der Waals surface area contributed by atoms with Gasteiger partial charge in [-0.1, -0.05) is 11.6 Å². The van der Waals surface area contributed by atoms with E-state index < -0.39 is 0 Å². The zero-order valence-electron chi connectivity index (χ0n) is 21.3. The Hall–Kier alpha value is -2.59. The first kappa shape index (κ1) is 24.7. The molecule has 0 aliphatic carbocycles. The highest BCUT2D eigenvalue weighted by Crippen LogP contribution is 2.38. The fraction of sp³-hybridized carbons (Fsp3) is 0.481. The topological polar surface area (TPSA) is 81.7 Å². The molecule has 3 aliphatic rings. The second kappa shape index (κ2) is 9.62. The Morgan fingerprint density at radius 2 is 1.89 bits per heavy atom. The Morgan fingerprint density at radius 3 is 2.65 bits per heavy atom. The fourth-order valence-electron chi connectivity index (χ4n) is 6.02. The van der Waals surface area contributed by atoms with Crippen molar-refractivity contribution in [2.45, 2.75) is 64.8 Å². The maximum Gasteiger partial charge on any atom is 0.327 e. The van der Waals surface area contributed by atoms with Crippen LogP contribution in [0.4, 0.5) is 4.79 Å². The van der Waals surface area contributed by atoms with E-state index in [0.29, 0.717) is 23.7 Å². The van der Waals surface area contributed by atoms with Crippen LogP contribution >= 0.6 is 22.9 Å². The van der Waals surface area contributed by atoms with Gasteiger partial charge in [-0.3, -0.25) is 14.6 Å². The number of nitrogens with one attached hydrogen (secondary N) is 1.